The minimum atomic E-state index is -0.528. The lowest BCUT2D eigenvalue weighted by Crippen LogP contribution is -2.54. The van der Waals surface area contributed by atoms with Gasteiger partial charge in [0.25, 0.3) is 11.8 Å². The average molecular weight is 460 g/mol. The molecular weight excluding hydrogens is 442 g/mol. The second-order valence-electron chi connectivity index (χ2n) is 6.76. The molecule has 1 aromatic carbocycles. The number of aryl methyl sites for hydroxylation is 1. The summed E-state index contributed by atoms with van der Waals surface area (Å²) in [5.41, 5.74) is 1.47. The van der Waals surface area contributed by atoms with E-state index in [1.165, 1.54) is 11.0 Å². The fraction of sp³-hybridized carbons (Fsp3) is 0.250. The highest BCUT2D eigenvalue weighted by Crippen LogP contribution is 2.29. The number of anilines is 2. The fourth-order valence-corrected chi connectivity index (χ4v) is 4.17. The zero-order valence-electron chi connectivity index (χ0n) is 15.2. The SMILES string of the molecule is Cc1cc(Br)ccc1N1C(=O)/C(=C\c2ccc(N3CCCC3)o2)C(=O)NC1=S. The molecule has 2 aromatic rings. The van der Waals surface area contributed by atoms with Gasteiger partial charge in [0, 0.05) is 23.6 Å². The van der Waals surface area contributed by atoms with Crippen molar-refractivity contribution < 1.29 is 14.0 Å². The number of thiocarbonyl (C=S) groups is 1. The zero-order valence-corrected chi connectivity index (χ0v) is 17.6. The first-order valence-corrected chi connectivity index (χ1v) is 10.2. The van der Waals surface area contributed by atoms with E-state index < -0.39 is 11.8 Å². The van der Waals surface area contributed by atoms with Gasteiger partial charge in [0.2, 0.25) is 0 Å². The van der Waals surface area contributed by atoms with Gasteiger partial charge in [0.1, 0.15) is 11.3 Å². The van der Waals surface area contributed by atoms with Gasteiger partial charge in [-0.05, 0) is 67.9 Å². The highest BCUT2D eigenvalue weighted by atomic mass is 79.9. The van der Waals surface area contributed by atoms with Crippen molar-refractivity contribution in [3.8, 4) is 0 Å². The zero-order chi connectivity index (χ0) is 19.8. The molecule has 0 radical (unpaired) electrons. The summed E-state index contributed by atoms with van der Waals surface area (Å²) in [5, 5.41) is 2.66. The Morgan fingerprint density at radius 1 is 1.18 bits per heavy atom. The maximum Gasteiger partial charge on any atom is 0.270 e. The topological polar surface area (TPSA) is 65.8 Å². The third-order valence-corrected chi connectivity index (χ3v) is 5.60. The molecule has 2 amide bonds. The molecule has 0 saturated carbocycles. The number of nitrogens with one attached hydrogen (secondary N) is 1. The van der Waals surface area contributed by atoms with Crippen molar-refractivity contribution in [2.45, 2.75) is 19.8 Å². The summed E-state index contributed by atoms with van der Waals surface area (Å²) >= 11 is 8.67. The molecule has 2 aliphatic heterocycles. The second-order valence-corrected chi connectivity index (χ2v) is 8.06. The van der Waals surface area contributed by atoms with Crippen LogP contribution in [-0.4, -0.2) is 30.0 Å². The summed E-state index contributed by atoms with van der Waals surface area (Å²) in [7, 11) is 0. The minimum absolute atomic E-state index is 0.0155. The largest absolute Gasteiger partial charge is 0.441 e. The first kappa shape index (κ1) is 18.9. The monoisotopic (exact) mass is 459 g/mol. The van der Waals surface area contributed by atoms with Crippen LogP contribution in [0.4, 0.5) is 11.6 Å². The molecule has 1 N–H and O–H groups in total. The van der Waals surface area contributed by atoms with Crippen LogP contribution < -0.4 is 15.1 Å². The average Bonchev–Trinajstić information content (AvgIpc) is 3.31. The predicted molar refractivity (Wildman–Crippen MR) is 115 cm³/mol. The summed E-state index contributed by atoms with van der Waals surface area (Å²) in [5.74, 6) is 0.211. The minimum Gasteiger partial charge on any atom is -0.441 e. The molecule has 144 valence electrons. The number of rotatable bonds is 3. The van der Waals surface area contributed by atoms with Crippen LogP contribution in [-0.2, 0) is 9.59 Å². The first-order chi connectivity index (χ1) is 13.4. The molecule has 8 heteroatoms. The predicted octanol–water partition coefficient (Wildman–Crippen LogP) is 3.78. The Kier molecular flexibility index (Phi) is 5.07. The van der Waals surface area contributed by atoms with Gasteiger partial charge >= 0.3 is 0 Å². The molecule has 2 fully saturated rings. The number of hydrogen-bond acceptors (Lipinski definition) is 5. The van der Waals surface area contributed by atoms with E-state index in [4.69, 9.17) is 16.6 Å². The van der Waals surface area contributed by atoms with Crippen molar-refractivity contribution in [2.24, 2.45) is 0 Å². The van der Waals surface area contributed by atoms with Crippen LogP contribution in [0.15, 0.2) is 44.8 Å². The Morgan fingerprint density at radius 3 is 2.64 bits per heavy atom. The Morgan fingerprint density at radius 2 is 1.93 bits per heavy atom. The van der Waals surface area contributed by atoms with Gasteiger partial charge in [0.05, 0.1) is 5.69 Å². The smallest absolute Gasteiger partial charge is 0.270 e. The van der Waals surface area contributed by atoms with Gasteiger partial charge in [-0.3, -0.25) is 19.8 Å². The summed E-state index contributed by atoms with van der Waals surface area (Å²) in [6.07, 6.45) is 3.74. The molecule has 3 heterocycles. The van der Waals surface area contributed by atoms with E-state index in [-0.39, 0.29) is 10.7 Å². The van der Waals surface area contributed by atoms with E-state index >= 15 is 0 Å². The standard InChI is InChI=1S/C20H18BrN3O3S/c1-12-10-13(21)4-6-16(12)24-19(26)15(18(25)22-20(24)28)11-14-5-7-17(27-14)23-8-2-3-9-23/h4-7,10-11H,2-3,8-9H2,1H3,(H,22,25,28)/b15-11-. The van der Waals surface area contributed by atoms with Crippen LogP contribution in [0.1, 0.15) is 24.2 Å². The normalized spacial score (nSPS) is 18.9. The number of carbonyl (C=O) groups excluding carboxylic acids is 2. The molecule has 0 atom stereocenters. The third kappa shape index (κ3) is 3.49. The molecule has 4 rings (SSSR count). The quantitative estimate of drug-likeness (QED) is 0.429. The molecular formula is C20H18BrN3O3S. The van der Waals surface area contributed by atoms with Crippen LogP contribution in [0.2, 0.25) is 0 Å². The van der Waals surface area contributed by atoms with Crippen LogP contribution in [0.3, 0.4) is 0 Å². The van der Waals surface area contributed by atoms with Crippen molar-refractivity contribution in [3.63, 3.8) is 0 Å². The number of furan rings is 1. The highest BCUT2D eigenvalue weighted by molar-refractivity contribution is 9.10. The van der Waals surface area contributed by atoms with Gasteiger partial charge in [0.15, 0.2) is 11.0 Å². The summed E-state index contributed by atoms with van der Waals surface area (Å²) in [6.45, 7) is 3.78. The molecule has 2 saturated heterocycles. The number of halogens is 1. The Labute approximate surface area is 176 Å². The maximum absolute atomic E-state index is 13.1. The second kappa shape index (κ2) is 7.52. The molecule has 0 aliphatic carbocycles. The van der Waals surface area contributed by atoms with Crippen molar-refractivity contribution in [1.29, 1.82) is 0 Å². The van der Waals surface area contributed by atoms with Crippen molar-refractivity contribution >= 4 is 62.7 Å². The van der Waals surface area contributed by atoms with E-state index in [1.54, 1.807) is 12.1 Å². The molecule has 6 nitrogen and oxygen atoms in total. The summed E-state index contributed by atoms with van der Waals surface area (Å²) in [6, 6.07) is 9.14. The van der Waals surface area contributed by atoms with Crippen molar-refractivity contribution in [1.82, 2.24) is 5.32 Å². The van der Waals surface area contributed by atoms with E-state index in [0.29, 0.717) is 11.4 Å². The lowest BCUT2D eigenvalue weighted by Gasteiger charge is -2.30. The van der Waals surface area contributed by atoms with Crippen molar-refractivity contribution in [2.75, 3.05) is 22.9 Å². The van der Waals surface area contributed by atoms with Crippen LogP contribution in [0.5, 0.6) is 0 Å². The number of benzene rings is 1. The van der Waals surface area contributed by atoms with Crippen LogP contribution >= 0.6 is 28.1 Å². The molecule has 0 spiro atoms. The Balaban J connectivity index is 1.66. The molecule has 28 heavy (non-hydrogen) atoms. The highest BCUT2D eigenvalue weighted by Gasteiger charge is 2.35. The number of carbonyl (C=O) groups is 2. The third-order valence-electron chi connectivity index (χ3n) is 4.82. The lowest BCUT2D eigenvalue weighted by molar-refractivity contribution is -0.122. The summed E-state index contributed by atoms with van der Waals surface area (Å²) in [4.78, 5) is 29.0. The van der Waals surface area contributed by atoms with Gasteiger partial charge in [-0.15, -0.1) is 0 Å². The lowest BCUT2D eigenvalue weighted by atomic mass is 10.1. The Bertz CT molecular complexity index is 1010. The Hall–Kier alpha value is -2.45. The number of hydrogen-bond donors (Lipinski definition) is 1. The molecule has 2 aliphatic rings. The number of nitrogens with zero attached hydrogens (tertiary/aromatic N) is 2. The maximum atomic E-state index is 13.1. The molecule has 0 unspecified atom stereocenters. The van der Waals surface area contributed by atoms with E-state index in [9.17, 15) is 9.59 Å². The van der Waals surface area contributed by atoms with Gasteiger partial charge < -0.3 is 9.32 Å². The van der Waals surface area contributed by atoms with E-state index in [2.05, 4.69) is 26.1 Å². The summed E-state index contributed by atoms with van der Waals surface area (Å²) < 4.78 is 6.73. The number of amides is 2. The molecule has 0 bridgehead atoms. The van der Waals surface area contributed by atoms with Gasteiger partial charge in [-0.25, -0.2) is 0 Å². The van der Waals surface area contributed by atoms with Gasteiger partial charge in [-0.2, -0.15) is 0 Å². The van der Waals surface area contributed by atoms with Crippen LogP contribution in [0, 0.1) is 6.92 Å². The first-order valence-electron chi connectivity index (χ1n) is 8.96. The van der Waals surface area contributed by atoms with E-state index in [1.807, 2.05) is 25.1 Å². The fourth-order valence-electron chi connectivity index (χ4n) is 3.42. The van der Waals surface area contributed by atoms with Crippen LogP contribution in [0.25, 0.3) is 6.08 Å². The van der Waals surface area contributed by atoms with E-state index in [0.717, 1.165) is 41.9 Å². The van der Waals surface area contributed by atoms with Crippen molar-refractivity contribution in [3.05, 3.63) is 51.7 Å². The molecule has 1 aromatic heterocycles. The van der Waals surface area contributed by atoms with Gasteiger partial charge in [-0.1, -0.05) is 15.9 Å².